The topological polar surface area (TPSA) is 35.6 Å². The van der Waals surface area contributed by atoms with Gasteiger partial charge in [-0.15, -0.1) is 11.6 Å². The van der Waals surface area contributed by atoms with Gasteiger partial charge in [-0.25, -0.2) is 9.37 Å². The minimum Gasteiger partial charge on any atom is -0.293 e. The molecule has 0 radical (unpaired) electrons. The SMILES string of the molecule is Cc1nn(C)cc1-n1c(CCCl)nc2cc(Cl)c(F)cc21. The molecule has 0 unspecified atom stereocenters. The van der Waals surface area contributed by atoms with Crippen LogP contribution in [0, 0.1) is 12.7 Å². The Kier molecular flexibility index (Phi) is 3.63. The average Bonchev–Trinajstić information content (AvgIpc) is 2.90. The number of aryl methyl sites for hydroxylation is 3. The van der Waals surface area contributed by atoms with Gasteiger partial charge in [0.2, 0.25) is 0 Å². The highest BCUT2D eigenvalue weighted by Gasteiger charge is 2.17. The molecular formula is C14H13Cl2FN4. The minimum absolute atomic E-state index is 0.0625. The molecule has 3 aromatic rings. The molecule has 0 saturated heterocycles. The molecule has 0 aliphatic heterocycles. The Labute approximate surface area is 131 Å². The van der Waals surface area contributed by atoms with Gasteiger partial charge < -0.3 is 0 Å². The van der Waals surface area contributed by atoms with Crippen LogP contribution >= 0.6 is 23.2 Å². The Morgan fingerprint density at radius 2 is 2.10 bits per heavy atom. The van der Waals surface area contributed by atoms with Gasteiger partial charge in [-0.3, -0.25) is 9.25 Å². The highest BCUT2D eigenvalue weighted by atomic mass is 35.5. The zero-order chi connectivity index (χ0) is 15.1. The van der Waals surface area contributed by atoms with Gasteiger partial charge in [0.1, 0.15) is 11.6 Å². The lowest BCUT2D eigenvalue weighted by atomic mass is 10.3. The van der Waals surface area contributed by atoms with E-state index in [4.69, 9.17) is 23.2 Å². The number of fused-ring (bicyclic) bond motifs is 1. The van der Waals surface area contributed by atoms with Crippen LogP contribution in [-0.2, 0) is 13.5 Å². The van der Waals surface area contributed by atoms with Crippen molar-refractivity contribution < 1.29 is 4.39 Å². The molecule has 4 nitrogen and oxygen atoms in total. The summed E-state index contributed by atoms with van der Waals surface area (Å²) in [6, 6.07) is 2.93. The third-order valence-electron chi connectivity index (χ3n) is 3.31. The number of benzene rings is 1. The van der Waals surface area contributed by atoms with Crippen molar-refractivity contribution in [3.8, 4) is 5.69 Å². The van der Waals surface area contributed by atoms with Crippen molar-refractivity contribution in [2.75, 3.05) is 5.88 Å². The fourth-order valence-electron chi connectivity index (χ4n) is 2.45. The number of halogens is 3. The highest BCUT2D eigenvalue weighted by Crippen LogP contribution is 2.28. The van der Waals surface area contributed by atoms with Gasteiger partial charge in [-0.05, 0) is 13.0 Å². The summed E-state index contributed by atoms with van der Waals surface area (Å²) in [5.74, 6) is 0.723. The second kappa shape index (κ2) is 5.31. The van der Waals surface area contributed by atoms with Gasteiger partial charge in [0.05, 0.1) is 27.4 Å². The van der Waals surface area contributed by atoms with Crippen LogP contribution in [0.2, 0.25) is 5.02 Å². The molecule has 21 heavy (non-hydrogen) atoms. The molecule has 2 heterocycles. The van der Waals surface area contributed by atoms with E-state index in [1.807, 2.05) is 24.7 Å². The number of alkyl halides is 1. The Morgan fingerprint density at radius 3 is 2.71 bits per heavy atom. The van der Waals surface area contributed by atoms with Gasteiger partial charge in [-0.1, -0.05) is 11.6 Å². The largest absolute Gasteiger partial charge is 0.293 e. The van der Waals surface area contributed by atoms with E-state index in [0.717, 1.165) is 17.2 Å². The van der Waals surface area contributed by atoms with Gasteiger partial charge >= 0.3 is 0 Å². The van der Waals surface area contributed by atoms with Gasteiger partial charge in [0.15, 0.2) is 0 Å². The number of hydrogen-bond donors (Lipinski definition) is 0. The van der Waals surface area contributed by atoms with Crippen molar-refractivity contribution in [1.82, 2.24) is 19.3 Å². The van der Waals surface area contributed by atoms with E-state index in [9.17, 15) is 4.39 Å². The third kappa shape index (κ3) is 2.40. The number of nitrogens with zero attached hydrogens (tertiary/aromatic N) is 4. The summed E-state index contributed by atoms with van der Waals surface area (Å²) in [7, 11) is 1.84. The zero-order valence-electron chi connectivity index (χ0n) is 11.6. The lowest BCUT2D eigenvalue weighted by Crippen LogP contribution is -2.03. The van der Waals surface area contributed by atoms with E-state index in [-0.39, 0.29) is 5.02 Å². The quantitative estimate of drug-likeness (QED) is 0.689. The Hall–Kier alpha value is -1.59. The van der Waals surface area contributed by atoms with Crippen molar-refractivity contribution >= 4 is 34.2 Å². The number of rotatable bonds is 3. The smallest absolute Gasteiger partial charge is 0.144 e. The molecule has 0 amide bonds. The van der Waals surface area contributed by atoms with Crippen LogP contribution in [0.15, 0.2) is 18.3 Å². The van der Waals surface area contributed by atoms with Crippen LogP contribution in [-0.4, -0.2) is 25.2 Å². The zero-order valence-corrected chi connectivity index (χ0v) is 13.1. The maximum Gasteiger partial charge on any atom is 0.144 e. The monoisotopic (exact) mass is 326 g/mol. The van der Waals surface area contributed by atoms with Gasteiger partial charge in [0.25, 0.3) is 0 Å². The first-order valence-corrected chi connectivity index (χ1v) is 7.35. The molecule has 110 valence electrons. The van der Waals surface area contributed by atoms with E-state index >= 15 is 0 Å². The molecule has 0 aliphatic carbocycles. The maximum atomic E-state index is 13.8. The first-order chi connectivity index (χ1) is 10.0. The molecule has 0 atom stereocenters. The number of imidazole rings is 1. The summed E-state index contributed by atoms with van der Waals surface area (Å²) < 4.78 is 17.4. The van der Waals surface area contributed by atoms with Crippen LogP contribution in [0.5, 0.6) is 0 Å². The minimum atomic E-state index is -0.468. The van der Waals surface area contributed by atoms with Crippen molar-refractivity contribution in [3.05, 3.63) is 40.7 Å². The van der Waals surface area contributed by atoms with Crippen LogP contribution < -0.4 is 0 Å². The number of hydrogen-bond acceptors (Lipinski definition) is 2. The summed E-state index contributed by atoms with van der Waals surface area (Å²) in [6.07, 6.45) is 2.45. The molecule has 0 N–H and O–H groups in total. The predicted octanol–water partition coefficient (Wildman–Crippen LogP) is 3.64. The van der Waals surface area contributed by atoms with Gasteiger partial charge in [0, 0.05) is 31.6 Å². The van der Waals surface area contributed by atoms with Crippen molar-refractivity contribution in [2.45, 2.75) is 13.3 Å². The summed E-state index contributed by atoms with van der Waals surface area (Å²) in [5, 5.41) is 4.39. The van der Waals surface area contributed by atoms with Crippen LogP contribution in [0.4, 0.5) is 4.39 Å². The molecule has 2 aromatic heterocycles. The molecule has 0 fully saturated rings. The third-order valence-corrected chi connectivity index (χ3v) is 3.79. The fraction of sp³-hybridized carbons (Fsp3) is 0.286. The summed E-state index contributed by atoms with van der Waals surface area (Å²) in [6.45, 7) is 1.90. The summed E-state index contributed by atoms with van der Waals surface area (Å²) in [5.41, 5.74) is 3.00. The van der Waals surface area contributed by atoms with E-state index in [0.29, 0.717) is 23.3 Å². The first kappa shape index (κ1) is 14.4. The van der Waals surface area contributed by atoms with E-state index in [2.05, 4.69) is 10.1 Å². The van der Waals surface area contributed by atoms with Crippen molar-refractivity contribution in [3.63, 3.8) is 0 Å². The second-order valence-electron chi connectivity index (χ2n) is 4.83. The molecule has 7 heteroatoms. The van der Waals surface area contributed by atoms with E-state index in [1.165, 1.54) is 12.1 Å². The summed E-state index contributed by atoms with van der Waals surface area (Å²) in [4.78, 5) is 4.52. The molecule has 0 saturated carbocycles. The normalized spacial score (nSPS) is 11.5. The standard InChI is InChI=1S/C14H13Cl2FN4/c1-8-13(7-20(2)19-8)21-12-6-10(17)9(16)5-11(12)18-14(21)3-4-15/h5-7H,3-4H2,1-2H3. The average molecular weight is 327 g/mol. The molecular weight excluding hydrogens is 314 g/mol. The van der Waals surface area contributed by atoms with Crippen LogP contribution in [0.3, 0.4) is 0 Å². The van der Waals surface area contributed by atoms with Crippen molar-refractivity contribution in [2.24, 2.45) is 7.05 Å². The van der Waals surface area contributed by atoms with Gasteiger partial charge in [-0.2, -0.15) is 5.10 Å². The van der Waals surface area contributed by atoms with Crippen LogP contribution in [0.25, 0.3) is 16.7 Å². The van der Waals surface area contributed by atoms with E-state index < -0.39 is 5.82 Å². The van der Waals surface area contributed by atoms with Crippen LogP contribution in [0.1, 0.15) is 11.5 Å². The first-order valence-electron chi connectivity index (χ1n) is 6.44. The Morgan fingerprint density at radius 1 is 1.33 bits per heavy atom. The summed E-state index contributed by atoms with van der Waals surface area (Å²) >= 11 is 11.7. The Bertz CT molecular complexity index is 822. The lowest BCUT2D eigenvalue weighted by Gasteiger charge is -2.07. The second-order valence-corrected chi connectivity index (χ2v) is 5.62. The highest BCUT2D eigenvalue weighted by molar-refractivity contribution is 6.31. The fourth-order valence-corrected chi connectivity index (χ4v) is 2.78. The molecule has 0 bridgehead atoms. The molecule has 3 rings (SSSR count). The molecule has 1 aromatic carbocycles. The lowest BCUT2D eigenvalue weighted by molar-refractivity contribution is 0.629. The van der Waals surface area contributed by atoms with Crippen molar-refractivity contribution in [1.29, 1.82) is 0 Å². The number of aromatic nitrogens is 4. The Balaban J connectivity index is 2.35. The molecule has 0 spiro atoms. The van der Waals surface area contributed by atoms with E-state index in [1.54, 1.807) is 4.68 Å². The predicted molar refractivity (Wildman–Crippen MR) is 82.0 cm³/mol. The maximum absolute atomic E-state index is 13.8. The molecule has 0 aliphatic rings.